The molecule has 138 valence electrons. The Hall–Kier alpha value is -2.91. The van der Waals surface area contributed by atoms with E-state index >= 15 is 0 Å². The number of benzene rings is 2. The van der Waals surface area contributed by atoms with Crippen LogP contribution >= 0.6 is 23.4 Å². The number of halogens is 1. The Morgan fingerprint density at radius 2 is 2.11 bits per heavy atom. The minimum atomic E-state index is -0.715. The van der Waals surface area contributed by atoms with Crippen LogP contribution in [-0.2, 0) is 5.75 Å². The molecule has 3 rings (SSSR count). The zero-order valence-corrected chi connectivity index (χ0v) is 15.7. The molecule has 3 aromatic rings. The summed E-state index contributed by atoms with van der Waals surface area (Å²) in [7, 11) is 0. The number of primary amides is 1. The van der Waals surface area contributed by atoms with E-state index in [0.717, 1.165) is 11.3 Å². The Morgan fingerprint density at radius 3 is 2.78 bits per heavy atom. The van der Waals surface area contributed by atoms with Gasteiger partial charge in [0.15, 0.2) is 5.16 Å². The molecule has 0 bridgehead atoms. The average molecular weight is 404 g/mol. The van der Waals surface area contributed by atoms with Gasteiger partial charge in [-0.2, -0.15) is 0 Å². The first-order valence-electron chi connectivity index (χ1n) is 7.73. The summed E-state index contributed by atoms with van der Waals surface area (Å²) >= 11 is 7.46. The number of hydrogen-bond donors (Lipinski definition) is 1. The molecular formula is C17H14ClN5O3S. The SMILES string of the molecule is Cc1ccc(-n2cnnc2SCc2ccc(C(N)=O)cc2[N+](=O)[O-])cc1Cl. The van der Waals surface area contributed by atoms with Crippen LogP contribution in [0.4, 0.5) is 5.69 Å². The van der Waals surface area contributed by atoms with E-state index in [2.05, 4.69) is 10.2 Å². The van der Waals surface area contributed by atoms with E-state index in [1.54, 1.807) is 17.0 Å². The number of carbonyl (C=O) groups is 1. The Kier molecular flexibility index (Phi) is 5.43. The molecule has 2 N–H and O–H groups in total. The van der Waals surface area contributed by atoms with Crippen molar-refractivity contribution in [3.05, 3.63) is 74.6 Å². The third-order valence-electron chi connectivity index (χ3n) is 3.87. The van der Waals surface area contributed by atoms with E-state index in [1.165, 1.54) is 30.0 Å². The fraction of sp³-hybridized carbons (Fsp3) is 0.118. The molecule has 0 atom stereocenters. The molecule has 0 spiro atoms. The predicted molar refractivity (Wildman–Crippen MR) is 102 cm³/mol. The molecule has 1 heterocycles. The van der Waals surface area contributed by atoms with Gasteiger partial charge in [-0.25, -0.2) is 0 Å². The van der Waals surface area contributed by atoms with Gasteiger partial charge >= 0.3 is 0 Å². The second-order valence-corrected chi connectivity index (χ2v) is 7.02. The highest BCUT2D eigenvalue weighted by molar-refractivity contribution is 7.98. The van der Waals surface area contributed by atoms with Crippen LogP contribution in [0.25, 0.3) is 5.69 Å². The lowest BCUT2D eigenvalue weighted by molar-refractivity contribution is -0.385. The molecule has 27 heavy (non-hydrogen) atoms. The van der Waals surface area contributed by atoms with Crippen molar-refractivity contribution in [1.29, 1.82) is 0 Å². The summed E-state index contributed by atoms with van der Waals surface area (Å²) in [4.78, 5) is 22.0. The number of nitro groups is 1. The lowest BCUT2D eigenvalue weighted by Gasteiger charge is -2.08. The molecule has 0 fully saturated rings. The minimum Gasteiger partial charge on any atom is -0.366 e. The number of nitrogens with zero attached hydrogens (tertiary/aromatic N) is 4. The Morgan fingerprint density at radius 1 is 1.33 bits per heavy atom. The van der Waals surface area contributed by atoms with Crippen LogP contribution in [0.1, 0.15) is 21.5 Å². The second kappa shape index (κ2) is 7.77. The highest BCUT2D eigenvalue weighted by Gasteiger charge is 2.18. The normalized spacial score (nSPS) is 10.7. The maximum atomic E-state index is 11.3. The maximum absolute atomic E-state index is 11.3. The van der Waals surface area contributed by atoms with E-state index in [1.807, 2.05) is 19.1 Å². The monoisotopic (exact) mass is 403 g/mol. The van der Waals surface area contributed by atoms with Gasteiger partial charge in [0.2, 0.25) is 5.91 Å². The molecule has 0 aliphatic rings. The minimum absolute atomic E-state index is 0.0907. The lowest BCUT2D eigenvalue weighted by Crippen LogP contribution is -2.11. The van der Waals surface area contributed by atoms with Crippen LogP contribution in [0.2, 0.25) is 5.02 Å². The summed E-state index contributed by atoms with van der Waals surface area (Å²) < 4.78 is 1.75. The zero-order valence-electron chi connectivity index (χ0n) is 14.1. The van der Waals surface area contributed by atoms with Gasteiger partial charge in [-0.1, -0.05) is 35.5 Å². The van der Waals surface area contributed by atoms with Gasteiger partial charge in [-0.05, 0) is 30.7 Å². The van der Waals surface area contributed by atoms with Gasteiger partial charge in [0.1, 0.15) is 6.33 Å². The van der Waals surface area contributed by atoms with Crippen LogP contribution in [0.3, 0.4) is 0 Å². The van der Waals surface area contributed by atoms with Gasteiger partial charge in [0, 0.05) is 28.0 Å². The van der Waals surface area contributed by atoms with E-state index in [9.17, 15) is 14.9 Å². The number of hydrogen-bond acceptors (Lipinski definition) is 6. The van der Waals surface area contributed by atoms with Crippen molar-refractivity contribution in [2.45, 2.75) is 17.8 Å². The maximum Gasteiger partial charge on any atom is 0.274 e. The first-order valence-corrected chi connectivity index (χ1v) is 9.09. The van der Waals surface area contributed by atoms with E-state index in [4.69, 9.17) is 17.3 Å². The van der Waals surface area contributed by atoms with Crippen molar-refractivity contribution in [2.24, 2.45) is 5.73 Å². The van der Waals surface area contributed by atoms with Crippen molar-refractivity contribution >= 4 is 35.0 Å². The van der Waals surface area contributed by atoms with Crippen molar-refractivity contribution < 1.29 is 9.72 Å². The van der Waals surface area contributed by atoms with Crippen molar-refractivity contribution in [3.8, 4) is 5.69 Å². The number of amides is 1. The average Bonchev–Trinajstić information content (AvgIpc) is 3.10. The molecule has 1 aromatic heterocycles. The van der Waals surface area contributed by atoms with Gasteiger partial charge in [-0.15, -0.1) is 10.2 Å². The molecule has 0 aliphatic carbocycles. The number of aryl methyl sites for hydroxylation is 1. The predicted octanol–water partition coefficient (Wildman–Crippen LogP) is 3.53. The van der Waals surface area contributed by atoms with Gasteiger partial charge in [-0.3, -0.25) is 19.5 Å². The molecular weight excluding hydrogens is 390 g/mol. The summed E-state index contributed by atoms with van der Waals surface area (Å²) in [6.07, 6.45) is 1.55. The number of nitrogens with two attached hydrogens (primary N) is 1. The van der Waals surface area contributed by atoms with Gasteiger partial charge in [0.25, 0.3) is 5.69 Å². The molecule has 0 saturated heterocycles. The molecule has 0 aliphatic heterocycles. The van der Waals surface area contributed by atoms with Gasteiger partial charge < -0.3 is 5.73 Å². The topological polar surface area (TPSA) is 117 Å². The van der Waals surface area contributed by atoms with Gasteiger partial charge in [0.05, 0.1) is 10.6 Å². The summed E-state index contributed by atoms with van der Waals surface area (Å²) in [6.45, 7) is 1.91. The van der Waals surface area contributed by atoms with Crippen LogP contribution in [-0.4, -0.2) is 25.6 Å². The first kappa shape index (κ1) is 18.9. The zero-order chi connectivity index (χ0) is 19.6. The van der Waals surface area contributed by atoms with Crippen LogP contribution in [0, 0.1) is 17.0 Å². The summed E-state index contributed by atoms with van der Waals surface area (Å²) in [5.41, 5.74) is 7.31. The number of carbonyl (C=O) groups excluding carboxylic acids is 1. The second-order valence-electron chi connectivity index (χ2n) is 5.67. The molecule has 0 unspecified atom stereocenters. The Balaban J connectivity index is 1.86. The fourth-order valence-corrected chi connectivity index (χ4v) is 3.48. The molecule has 10 heteroatoms. The van der Waals surface area contributed by atoms with E-state index < -0.39 is 10.8 Å². The lowest BCUT2D eigenvalue weighted by atomic mass is 10.1. The number of aromatic nitrogens is 3. The van der Waals surface area contributed by atoms with Crippen LogP contribution in [0.15, 0.2) is 47.9 Å². The smallest absolute Gasteiger partial charge is 0.274 e. The molecule has 0 radical (unpaired) electrons. The van der Waals surface area contributed by atoms with Crippen molar-refractivity contribution in [1.82, 2.24) is 14.8 Å². The number of nitro benzene ring substituents is 1. The summed E-state index contributed by atoms with van der Waals surface area (Å²) in [5.74, 6) is -0.443. The van der Waals surface area contributed by atoms with Crippen molar-refractivity contribution in [2.75, 3.05) is 0 Å². The number of rotatable bonds is 6. The number of thioether (sulfide) groups is 1. The van der Waals surface area contributed by atoms with Crippen molar-refractivity contribution in [3.63, 3.8) is 0 Å². The molecule has 8 nitrogen and oxygen atoms in total. The summed E-state index contributed by atoms with van der Waals surface area (Å²) in [6, 6.07) is 9.75. The largest absolute Gasteiger partial charge is 0.366 e. The third kappa shape index (κ3) is 4.09. The molecule has 2 aromatic carbocycles. The quantitative estimate of drug-likeness (QED) is 0.382. The summed E-state index contributed by atoms with van der Waals surface area (Å²) in [5, 5.41) is 20.5. The van der Waals surface area contributed by atoms with Crippen LogP contribution < -0.4 is 5.73 Å². The first-order chi connectivity index (χ1) is 12.9. The molecule has 0 saturated carbocycles. The third-order valence-corrected chi connectivity index (χ3v) is 5.27. The molecule has 1 amide bonds. The van der Waals surface area contributed by atoms with E-state index in [-0.39, 0.29) is 17.0 Å². The highest BCUT2D eigenvalue weighted by Crippen LogP contribution is 2.29. The Bertz CT molecular complexity index is 1040. The highest BCUT2D eigenvalue weighted by atomic mass is 35.5. The van der Waals surface area contributed by atoms with Crippen LogP contribution in [0.5, 0.6) is 0 Å². The Labute approximate surface area is 163 Å². The standard InChI is InChI=1S/C17H14ClN5O3S/c1-10-2-5-13(7-14(10)18)22-9-20-21-17(22)27-8-12-4-3-11(16(19)24)6-15(12)23(25)26/h2-7,9H,8H2,1H3,(H2,19,24). The van der Waals surface area contributed by atoms with E-state index in [0.29, 0.717) is 15.7 Å². The fourth-order valence-electron chi connectivity index (χ4n) is 2.38.